The fourth-order valence-electron chi connectivity index (χ4n) is 1.94. The Hall–Kier alpha value is -0.570. The van der Waals surface area contributed by atoms with E-state index in [1.165, 1.54) is 25.7 Å². The van der Waals surface area contributed by atoms with E-state index in [4.69, 9.17) is 0 Å². The normalized spacial score (nSPS) is 20.3. The Morgan fingerprint density at radius 2 is 2.07 bits per heavy atom. The second-order valence-electron chi connectivity index (χ2n) is 4.82. The highest BCUT2D eigenvalue weighted by Crippen LogP contribution is 2.35. The second kappa shape index (κ2) is 4.97. The topological polar surface area (TPSA) is 32.3 Å². The highest BCUT2D eigenvalue weighted by molar-refractivity contribution is 5.77. The maximum absolute atomic E-state index is 11.9. The fourth-order valence-corrected chi connectivity index (χ4v) is 1.94. The molecule has 0 bridgehead atoms. The summed E-state index contributed by atoms with van der Waals surface area (Å²) in [6, 6.07) is 0.597. The van der Waals surface area contributed by atoms with E-state index in [0.717, 1.165) is 25.6 Å². The van der Waals surface area contributed by atoms with Crippen molar-refractivity contribution in [3.8, 4) is 0 Å². The van der Waals surface area contributed by atoms with Gasteiger partial charge in [0.1, 0.15) is 0 Å². The van der Waals surface area contributed by atoms with Crippen LogP contribution in [0.1, 0.15) is 39.0 Å². The first-order valence-electron chi connectivity index (χ1n) is 6.31. The molecular formula is C12H22N2O. The Bertz CT molecular complexity index is 222. The number of rotatable bonds is 7. The third kappa shape index (κ3) is 3.49. The summed E-state index contributed by atoms with van der Waals surface area (Å²) >= 11 is 0. The van der Waals surface area contributed by atoms with Crippen LogP contribution >= 0.6 is 0 Å². The SMILES string of the molecule is CCNCCC(=O)N(CC1CC1)C1CC1. The molecule has 0 spiro atoms. The Labute approximate surface area is 92.2 Å². The van der Waals surface area contributed by atoms with E-state index in [-0.39, 0.29) is 0 Å². The van der Waals surface area contributed by atoms with Crippen LogP contribution in [0.15, 0.2) is 0 Å². The third-order valence-corrected chi connectivity index (χ3v) is 3.23. The van der Waals surface area contributed by atoms with Gasteiger partial charge in [0.2, 0.25) is 5.91 Å². The minimum atomic E-state index is 0.366. The van der Waals surface area contributed by atoms with Crippen molar-refractivity contribution >= 4 is 5.91 Å². The quantitative estimate of drug-likeness (QED) is 0.644. The molecule has 0 heterocycles. The first kappa shape index (κ1) is 10.9. The molecule has 0 aromatic rings. The van der Waals surface area contributed by atoms with Crippen molar-refractivity contribution in [2.24, 2.45) is 5.92 Å². The number of carbonyl (C=O) groups excluding carboxylic acids is 1. The van der Waals surface area contributed by atoms with Crippen LogP contribution < -0.4 is 5.32 Å². The van der Waals surface area contributed by atoms with E-state index in [0.29, 0.717) is 18.4 Å². The summed E-state index contributed by atoms with van der Waals surface area (Å²) in [6.07, 6.45) is 5.82. The molecule has 15 heavy (non-hydrogen) atoms. The number of amides is 1. The Kier molecular flexibility index (Phi) is 3.62. The van der Waals surface area contributed by atoms with Gasteiger partial charge in [0.05, 0.1) is 0 Å². The van der Waals surface area contributed by atoms with Crippen molar-refractivity contribution in [1.29, 1.82) is 0 Å². The summed E-state index contributed by atoms with van der Waals surface area (Å²) in [6.45, 7) is 4.91. The lowest BCUT2D eigenvalue weighted by molar-refractivity contribution is -0.131. The van der Waals surface area contributed by atoms with Gasteiger partial charge >= 0.3 is 0 Å². The van der Waals surface area contributed by atoms with Crippen LogP contribution in [0.4, 0.5) is 0 Å². The number of nitrogens with zero attached hydrogens (tertiary/aromatic N) is 1. The van der Waals surface area contributed by atoms with Gasteiger partial charge in [-0.1, -0.05) is 6.92 Å². The summed E-state index contributed by atoms with van der Waals surface area (Å²) in [5, 5.41) is 3.21. The van der Waals surface area contributed by atoms with E-state index >= 15 is 0 Å². The Morgan fingerprint density at radius 1 is 1.33 bits per heavy atom. The fraction of sp³-hybridized carbons (Fsp3) is 0.917. The average Bonchev–Trinajstić information content (AvgIpc) is 3.06. The van der Waals surface area contributed by atoms with Crippen LogP contribution in [0.25, 0.3) is 0 Å². The van der Waals surface area contributed by atoms with Crippen LogP contribution in [0, 0.1) is 5.92 Å². The molecule has 2 saturated carbocycles. The molecule has 3 nitrogen and oxygen atoms in total. The predicted molar refractivity (Wildman–Crippen MR) is 60.6 cm³/mol. The summed E-state index contributed by atoms with van der Waals surface area (Å²) in [5.41, 5.74) is 0. The molecule has 0 unspecified atom stereocenters. The maximum atomic E-state index is 11.9. The number of carbonyl (C=O) groups is 1. The summed E-state index contributed by atoms with van der Waals surface area (Å²) in [5.74, 6) is 1.19. The minimum absolute atomic E-state index is 0.366. The Balaban J connectivity index is 1.72. The lowest BCUT2D eigenvalue weighted by Gasteiger charge is -2.22. The third-order valence-electron chi connectivity index (χ3n) is 3.23. The van der Waals surface area contributed by atoms with Gasteiger partial charge in [-0.25, -0.2) is 0 Å². The largest absolute Gasteiger partial charge is 0.339 e. The van der Waals surface area contributed by atoms with Crippen LogP contribution in [0.2, 0.25) is 0 Å². The lowest BCUT2D eigenvalue weighted by atomic mass is 10.3. The van der Waals surface area contributed by atoms with Crippen molar-refractivity contribution in [3.05, 3.63) is 0 Å². The minimum Gasteiger partial charge on any atom is -0.339 e. The number of nitrogens with one attached hydrogen (secondary N) is 1. The summed E-state index contributed by atoms with van der Waals surface area (Å²) in [7, 11) is 0. The first-order valence-corrected chi connectivity index (χ1v) is 6.31. The maximum Gasteiger partial charge on any atom is 0.224 e. The van der Waals surface area contributed by atoms with E-state index in [1.807, 2.05) is 0 Å². The van der Waals surface area contributed by atoms with Crippen molar-refractivity contribution < 1.29 is 4.79 Å². The van der Waals surface area contributed by atoms with Gasteiger partial charge in [0.25, 0.3) is 0 Å². The predicted octanol–water partition coefficient (Wildman–Crippen LogP) is 1.39. The van der Waals surface area contributed by atoms with Crippen LogP contribution in [-0.4, -0.2) is 36.5 Å². The molecule has 1 amide bonds. The summed E-state index contributed by atoms with van der Waals surface area (Å²) < 4.78 is 0. The molecule has 3 heteroatoms. The monoisotopic (exact) mass is 210 g/mol. The van der Waals surface area contributed by atoms with Gasteiger partial charge in [-0.2, -0.15) is 0 Å². The smallest absolute Gasteiger partial charge is 0.224 e. The molecule has 86 valence electrons. The molecule has 2 aliphatic rings. The zero-order valence-corrected chi connectivity index (χ0v) is 9.67. The average molecular weight is 210 g/mol. The van der Waals surface area contributed by atoms with Crippen molar-refractivity contribution in [2.75, 3.05) is 19.6 Å². The number of hydrogen-bond donors (Lipinski definition) is 1. The molecule has 0 aromatic heterocycles. The standard InChI is InChI=1S/C12H22N2O/c1-2-13-8-7-12(15)14(11-5-6-11)9-10-3-4-10/h10-11,13H,2-9H2,1H3. The van der Waals surface area contributed by atoms with Crippen molar-refractivity contribution in [2.45, 2.75) is 45.1 Å². The molecule has 0 saturated heterocycles. The molecule has 0 radical (unpaired) electrons. The lowest BCUT2D eigenvalue weighted by Crippen LogP contribution is -2.36. The van der Waals surface area contributed by atoms with E-state index in [2.05, 4.69) is 17.1 Å². The van der Waals surface area contributed by atoms with E-state index in [9.17, 15) is 4.79 Å². The van der Waals surface area contributed by atoms with Gasteiger partial charge in [-0.3, -0.25) is 4.79 Å². The molecular weight excluding hydrogens is 188 g/mol. The van der Waals surface area contributed by atoms with Crippen LogP contribution in [0.3, 0.4) is 0 Å². The van der Waals surface area contributed by atoms with E-state index in [1.54, 1.807) is 0 Å². The van der Waals surface area contributed by atoms with Gasteiger partial charge in [0.15, 0.2) is 0 Å². The van der Waals surface area contributed by atoms with E-state index < -0.39 is 0 Å². The van der Waals surface area contributed by atoms with Crippen LogP contribution in [-0.2, 0) is 4.79 Å². The molecule has 2 fully saturated rings. The molecule has 2 aliphatic carbocycles. The molecule has 0 aliphatic heterocycles. The number of hydrogen-bond acceptors (Lipinski definition) is 2. The van der Waals surface area contributed by atoms with Crippen molar-refractivity contribution in [3.63, 3.8) is 0 Å². The molecule has 2 rings (SSSR count). The molecule has 1 N–H and O–H groups in total. The molecule has 0 aromatic carbocycles. The highest BCUT2D eigenvalue weighted by atomic mass is 16.2. The van der Waals surface area contributed by atoms with Crippen LogP contribution in [0.5, 0.6) is 0 Å². The summed E-state index contributed by atoms with van der Waals surface area (Å²) in [4.78, 5) is 14.1. The first-order chi connectivity index (χ1) is 7.31. The second-order valence-corrected chi connectivity index (χ2v) is 4.82. The van der Waals surface area contributed by atoms with Gasteiger partial charge in [-0.15, -0.1) is 0 Å². The van der Waals surface area contributed by atoms with Gasteiger partial charge in [-0.05, 0) is 38.1 Å². The molecule has 0 atom stereocenters. The highest BCUT2D eigenvalue weighted by Gasteiger charge is 2.35. The van der Waals surface area contributed by atoms with Crippen molar-refractivity contribution in [1.82, 2.24) is 10.2 Å². The zero-order chi connectivity index (χ0) is 10.7. The zero-order valence-electron chi connectivity index (χ0n) is 9.67. The van der Waals surface area contributed by atoms with Gasteiger partial charge < -0.3 is 10.2 Å². The van der Waals surface area contributed by atoms with Gasteiger partial charge in [0, 0.05) is 25.6 Å². The Morgan fingerprint density at radius 3 is 2.60 bits per heavy atom.